The van der Waals surface area contributed by atoms with Crippen molar-refractivity contribution < 1.29 is 9.53 Å². The summed E-state index contributed by atoms with van der Waals surface area (Å²) in [4.78, 5) is 15.4. The van der Waals surface area contributed by atoms with Gasteiger partial charge in [0.2, 0.25) is 0 Å². The Morgan fingerprint density at radius 1 is 1.22 bits per heavy atom. The second kappa shape index (κ2) is 8.00. The van der Waals surface area contributed by atoms with Crippen LogP contribution in [0.25, 0.3) is 10.9 Å². The van der Waals surface area contributed by atoms with Crippen LogP contribution in [0, 0.1) is 13.8 Å². The van der Waals surface area contributed by atoms with Gasteiger partial charge in [0.25, 0.3) is 0 Å². The first kappa shape index (κ1) is 17.3. The van der Waals surface area contributed by atoms with Gasteiger partial charge in [-0.25, -0.2) is 4.79 Å². The van der Waals surface area contributed by atoms with Crippen molar-refractivity contribution in [2.24, 2.45) is 0 Å². The number of unbranched alkanes of at least 4 members (excludes halogenated alkanes) is 3. The predicted octanol–water partition coefficient (Wildman–Crippen LogP) is 5.25. The smallest absolute Gasteiger partial charge is 0.337 e. The molecule has 0 aliphatic rings. The lowest BCUT2D eigenvalue weighted by atomic mass is 10.0. The highest BCUT2D eigenvalue weighted by Crippen LogP contribution is 2.27. The maximum atomic E-state index is 11.9. The van der Waals surface area contributed by atoms with E-state index in [-0.39, 0.29) is 5.97 Å². The van der Waals surface area contributed by atoms with E-state index < -0.39 is 0 Å². The number of aromatic nitrogens is 1. The van der Waals surface area contributed by atoms with Gasteiger partial charge < -0.3 is 9.72 Å². The van der Waals surface area contributed by atoms with E-state index in [1.807, 2.05) is 12.1 Å². The third-order valence-corrected chi connectivity index (χ3v) is 4.40. The van der Waals surface area contributed by atoms with Gasteiger partial charge in [-0.1, -0.05) is 31.9 Å². The van der Waals surface area contributed by atoms with E-state index in [4.69, 9.17) is 4.74 Å². The zero-order valence-corrected chi connectivity index (χ0v) is 14.7. The van der Waals surface area contributed by atoms with Crippen molar-refractivity contribution in [3.63, 3.8) is 0 Å². The van der Waals surface area contributed by atoms with Gasteiger partial charge >= 0.3 is 5.97 Å². The van der Waals surface area contributed by atoms with Crippen molar-refractivity contribution in [1.29, 1.82) is 0 Å². The lowest BCUT2D eigenvalue weighted by Crippen LogP contribution is -2.02. The van der Waals surface area contributed by atoms with Crippen LogP contribution in [-0.2, 0) is 11.2 Å². The quantitative estimate of drug-likeness (QED) is 0.431. The molecule has 1 heterocycles. The summed E-state index contributed by atoms with van der Waals surface area (Å²) in [6.07, 6.45) is 10.2. The zero-order valence-electron chi connectivity index (χ0n) is 14.7. The Morgan fingerprint density at radius 3 is 2.70 bits per heavy atom. The molecular weight excluding hydrogens is 286 g/mol. The Balaban J connectivity index is 2.29. The Kier molecular flexibility index (Phi) is 6.03. The van der Waals surface area contributed by atoms with E-state index in [9.17, 15) is 4.79 Å². The fourth-order valence-electron chi connectivity index (χ4n) is 2.87. The van der Waals surface area contributed by atoms with Crippen molar-refractivity contribution >= 4 is 16.9 Å². The molecule has 1 aromatic carbocycles. The number of hydrogen-bond acceptors (Lipinski definition) is 2. The number of hydrogen-bond donors (Lipinski definition) is 1. The van der Waals surface area contributed by atoms with E-state index in [2.05, 4.69) is 37.9 Å². The maximum Gasteiger partial charge on any atom is 0.337 e. The Morgan fingerprint density at radius 2 is 2.00 bits per heavy atom. The van der Waals surface area contributed by atoms with Crippen LogP contribution in [0.5, 0.6) is 0 Å². The normalized spacial score (nSPS) is 11.5. The number of allylic oxidation sites excluding steroid dienone is 2. The van der Waals surface area contributed by atoms with Crippen molar-refractivity contribution in [3.05, 3.63) is 46.7 Å². The SMILES string of the molecule is CCCCC/C=C/Cc1cc(C(=O)OC)cc2c(C)c(C)[nH]c12. The average molecular weight is 313 g/mol. The van der Waals surface area contributed by atoms with Gasteiger partial charge in [0.05, 0.1) is 12.7 Å². The Bertz CT molecular complexity index is 710. The number of benzene rings is 1. The first-order valence-electron chi connectivity index (χ1n) is 8.43. The third-order valence-electron chi connectivity index (χ3n) is 4.40. The van der Waals surface area contributed by atoms with Crippen LogP contribution in [0.2, 0.25) is 0 Å². The van der Waals surface area contributed by atoms with E-state index in [1.54, 1.807) is 0 Å². The molecule has 1 aromatic heterocycles. The summed E-state index contributed by atoms with van der Waals surface area (Å²) in [7, 11) is 1.43. The van der Waals surface area contributed by atoms with Crippen LogP contribution in [0.1, 0.15) is 59.8 Å². The third kappa shape index (κ3) is 4.04. The minimum Gasteiger partial charge on any atom is -0.465 e. The molecule has 3 heteroatoms. The second-order valence-electron chi connectivity index (χ2n) is 6.10. The highest BCUT2D eigenvalue weighted by Gasteiger charge is 2.14. The van der Waals surface area contributed by atoms with Gasteiger partial charge in [-0.2, -0.15) is 0 Å². The summed E-state index contributed by atoms with van der Waals surface area (Å²) < 4.78 is 4.89. The number of carbonyl (C=O) groups excluding carboxylic acids is 1. The molecule has 124 valence electrons. The first-order valence-corrected chi connectivity index (χ1v) is 8.43. The summed E-state index contributed by atoms with van der Waals surface area (Å²) in [5.74, 6) is -0.279. The molecule has 3 nitrogen and oxygen atoms in total. The van der Waals surface area contributed by atoms with E-state index in [0.29, 0.717) is 5.56 Å². The molecule has 0 spiro atoms. The number of methoxy groups -OCH3 is 1. The van der Waals surface area contributed by atoms with Gasteiger partial charge in [0.15, 0.2) is 0 Å². The summed E-state index contributed by atoms with van der Waals surface area (Å²) in [6.45, 7) is 6.37. The first-order chi connectivity index (χ1) is 11.1. The lowest BCUT2D eigenvalue weighted by molar-refractivity contribution is 0.0601. The molecule has 2 rings (SSSR count). The van der Waals surface area contributed by atoms with Crippen LogP contribution in [0.4, 0.5) is 0 Å². The molecule has 0 fully saturated rings. The molecule has 0 saturated heterocycles. The summed E-state index contributed by atoms with van der Waals surface area (Å²) in [5, 5.41) is 1.11. The predicted molar refractivity (Wildman–Crippen MR) is 96.1 cm³/mol. The topological polar surface area (TPSA) is 42.1 Å². The van der Waals surface area contributed by atoms with Crippen molar-refractivity contribution in [1.82, 2.24) is 4.98 Å². The van der Waals surface area contributed by atoms with Gasteiger partial charge in [-0.15, -0.1) is 0 Å². The van der Waals surface area contributed by atoms with Gasteiger partial charge in [0.1, 0.15) is 0 Å². The zero-order chi connectivity index (χ0) is 16.8. The highest BCUT2D eigenvalue weighted by molar-refractivity contribution is 5.97. The summed E-state index contributed by atoms with van der Waals surface area (Å²) in [5.41, 5.74) is 5.24. The van der Waals surface area contributed by atoms with Gasteiger partial charge in [-0.05, 0) is 56.4 Å². The summed E-state index contributed by atoms with van der Waals surface area (Å²) in [6, 6.07) is 3.87. The molecule has 0 unspecified atom stereocenters. The largest absolute Gasteiger partial charge is 0.465 e. The molecule has 1 N–H and O–H groups in total. The van der Waals surface area contributed by atoms with Gasteiger partial charge in [0, 0.05) is 16.6 Å². The molecular formula is C20H27NO2. The Hall–Kier alpha value is -2.03. The molecule has 2 aromatic rings. The van der Waals surface area contributed by atoms with Crippen LogP contribution in [0.15, 0.2) is 24.3 Å². The fraction of sp³-hybridized carbons (Fsp3) is 0.450. The Labute approximate surface area is 138 Å². The molecule has 0 atom stereocenters. The van der Waals surface area contributed by atoms with E-state index >= 15 is 0 Å². The molecule has 0 aliphatic heterocycles. The van der Waals surface area contributed by atoms with Crippen molar-refractivity contribution in [2.75, 3.05) is 7.11 Å². The lowest BCUT2D eigenvalue weighted by Gasteiger charge is -2.05. The number of esters is 1. The monoisotopic (exact) mass is 313 g/mol. The number of H-pyrrole nitrogens is 1. The molecule has 0 bridgehead atoms. The number of carbonyl (C=O) groups is 1. The van der Waals surface area contributed by atoms with Crippen molar-refractivity contribution in [3.8, 4) is 0 Å². The minimum atomic E-state index is -0.279. The standard InChI is InChI=1S/C20H27NO2/c1-5-6-7-8-9-10-11-16-12-17(20(22)23-4)13-18-14(2)15(3)21-19(16)18/h9-10,12-13,21H,5-8,11H2,1-4H3/b10-9+. The molecule has 0 radical (unpaired) electrons. The average Bonchev–Trinajstić information content (AvgIpc) is 2.85. The number of nitrogens with one attached hydrogen (secondary N) is 1. The number of ether oxygens (including phenoxy) is 1. The number of rotatable bonds is 7. The van der Waals surface area contributed by atoms with Crippen LogP contribution in [-0.4, -0.2) is 18.1 Å². The van der Waals surface area contributed by atoms with Gasteiger partial charge in [-0.3, -0.25) is 0 Å². The number of aryl methyl sites for hydroxylation is 2. The van der Waals surface area contributed by atoms with Crippen LogP contribution >= 0.6 is 0 Å². The fourth-order valence-corrected chi connectivity index (χ4v) is 2.87. The van der Waals surface area contributed by atoms with Crippen LogP contribution < -0.4 is 0 Å². The number of fused-ring (bicyclic) bond motifs is 1. The van der Waals surface area contributed by atoms with E-state index in [1.165, 1.54) is 31.9 Å². The van der Waals surface area contributed by atoms with Crippen molar-refractivity contribution in [2.45, 2.75) is 52.9 Å². The molecule has 23 heavy (non-hydrogen) atoms. The molecule has 0 amide bonds. The second-order valence-corrected chi connectivity index (χ2v) is 6.10. The molecule has 0 saturated carbocycles. The summed E-state index contributed by atoms with van der Waals surface area (Å²) >= 11 is 0. The van der Waals surface area contributed by atoms with Crippen LogP contribution in [0.3, 0.4) is 0 Å². The van der Waals surface area contributed by atoms with E-state index in [0.717, 1.165) is 35.0 Å². The maximum absolute atomic E-state index is 11.9. The number of aromatic amines is 1. The minimum absolute atomic E-state index is 0.279. The highest BCUT2D eigenvalue weighted by atomic mass is 16.5. The molecule has 0 aliphatic carbocycles.